The minimum Gasteiger partial charge on any atom is -0.352 e. The lowest BCUT2D eigenvalue weighted by Crippen LogP contribution is -2.60. The highest BCUT2D eigenvalue weighted by atomic mass is 16.2. The van der Waals surface area contributed by atoms with Gasteiger partial charge in [0.2, 0.25) is 5.91 Å². The normalized spacial score (nSPS) is 33.6. The minimum atomic E-state index is -0.536. The van der Waals surface area contributed by atoms with Crippen LogP contribution < -0.4 is 11.1 Å². The molecule has 0 saturated heterocycles. The van der Waals surface area contributed by atoms with E-state index in [0.717, 1.165) is 25.7 Å². The second kappa shape index (κ2) is 4.74. The van der Waals surface area contributed by atoms with Crippen LogP contribution in [-0.2, 0) is 4.79 Å². The van der Waals surface area contributed by atoms with Crippen molar-refractivity contribution < 1.29 is 4.79 Å². The molecule has 3 heteroatoms. The summed E-state index contributed by atoms with van der Waals surface area (Å²) in [5, 5.41) is 3.19. The van der Waals surface area contributed by atoms with E-state index < -0.39 is 5.54 Å². The zero-order valence-corrected chi connectivity index (χ0v) is 10.3. The molecule has 0 radical (unpaired) electrons. The average molecular weight is 224 g/mol. The second-order valence-electron chi connectivity index (χ2n) is 5.70. The van der Waals surface area contributed by atoms with E-state index in [0.29, 0.717) is 12.0 Å². The fourth-order valence-corrected chi connectivity index (χ4v) is 2.80. The van der Waals surface area contributed by atoms with Crippen molar-refractivity contribution in [1.82, 2.24) is 5.32 Å². The highest BCUT2D eigenvalue weighted by Gasteiger charge is 2.41. The van der Waals surface area contributed by atoms with Gasteiger partial charge in [-0.05, 0) is 38.0 Å². The first kappa shape index (κ1) is 11.9. The molecule has 16 heavy (non-hydrogen) atoms. The SMILES string of the molecule is CC1CCCCCC1NC(=O)C1(N)CCC1. The first-order valence-corrected chi connectivity index (χ1v) is 6.72. The van der Waals surface area contributed by atoms with Crippen LogP contribution in [0.25, 0.3) is 0 Å². The Morgan fingerprint density at radius 2 is 1.88 bits per heavy atom. The molecular weight excluding hydrogens is 200 g/mol. The van der Waals surface area contributed by atoms with Gasteiger partial charge in [0.15, 0.2) is 0 Å². The topological polar surface area (TPSA) is 55.1 Å². The Morgan fingerprint density at radius 3 is 2.50 bits per heavy atom. The lowest BCUT2D eigenvalue weighted by molar-refractivity contribution is -0.130. The summed E-state index contributed by atoms with van der Waals surface area (Å²) in [5.74, 6) is 0.702. The molecule has 1 amide bonds. The monoisotopic (exact) mass is 224 g/mol. The first-order chi connectivity index (χ1) is 7.62. The predicted octanol–water partition coefficient (Wildman–Crippen LogP) is 1.95. The van der Waals surface area contributed by atoms with Gasteiger partial charge in [-0.25, -0.2) is 0 Å². The standard InChI is InChI=1S/C13H24N2O/c1-10-6-3-2-4-7-11(10)15-12(16)13(14)8-5-9-13/h10-11H,2-9,14H2,1H3,(H,15,16). The van der Waals surface area contributed by atoms with E-state index in [1.165, 1.54) is 25.7 Å². The smallest absolute Gasteiger partial charge is 0.240 e. The van der Waals surface area contributed by atoms with Gasteiger partial charge in [-0.15, -0.1) is 0 Å². The average Bonchev–Trinajstić information content (AvgIpc) is 2.41. The summed E-state index contributed by atoms with van der Waals surface area (Å²) >= 11 is 0. The number of hydrogen-bond acceptors (Lipinski definition) is 2. The Bertz CT molecular complexity index is 261. The summed E-state index contributed by atoms with van der Waals surface area (Å²) in [5.41, 5.74) is 5.50. The van der Waals surface area contributed by atoms with Crippen molar-refractivity contribution in [2.45, 2.75) is 69.9 Å². The van der Waals surface area contributed by atoms with Crippen LogP contribution in [0.15, 0.2) is 0 Å². The number of carbonyl (C=O) groups is 1. The number of amides is 1. The molecule has 92 valence electrons. The zero-order chi connectivity index (χ0) is 11.6. The Morgan fingerprint density at radius 1 is 1.19 bits per heavy atom. The molecule has 0 bridgehead atoms. The molecule has 2 fully saturated rings. The molecule has 0 heterocycles. The summed E-state index contributed by atoms with van der Waals surface area (Å²) in [4.78, 5) is 12.0. The number of rotatable bonds is 2. The lowest BCUT2D eigenvalue weighted by Gasteiger charge is -2.38. The summed E-state index contributed by atoms with van der Waals surface area (Å²) in [6.45, 7) is 2.25. The van der Waals surface area contributed by atoms with E-state index >= 15 is 0 Å². The first-order valence-electron chi connectivity index (χ1n) is 6.72. The van der Waals surface area contributed by atoms with Crippen LogP contribution in [-0.4, -0.2) is 17.5 Å². The molecule has 0 aromatic heterocycles. The van der Waals surface area contributed by atoms with Crippen LogP contribution in [0.2, 0.25) is 0 Å². The summed E-state index contributed by atoms with van der Waals surface area (Å²) in [6.07, 6.45) is 9.05. The fourth-order valence-electron chi connectivity index (χ4n) is 2.80. The van der Waals surface area contributed by atoms with Crippen LogP contribution in [0.3, 0.4) is 0 Å². The number of nitrogens with one attached hydrogen (secondary N) is 1. The van der Waals surface area contributed by atoms with E-state index in [-0.39, 0.29) is 5.91 Å². The number of nitrogens with two attached hydrogens (primary N) is 1. The summed E-state index contributed by atoms with van der Waals surface area (Å²) < 4.78 is 0. The molecule has 2 atom stereocenters. The molecule has 0 aromatic rings. The molecule has 0 aliphatic heterocycles. The zero-order valence-electron chi connectivity index (χ0n) is 10.3. The number of carbonyl (C=O) groups excluding carboxylic acids is 1. The second-order valence-corrected chi connectivity index (χ2v) is 5.70. The highest BCUT2D eigenvalue weighted by Crippen LogP contribution is 2.30. The quantitative estimate of drug-likeness (QED) is 0.704. The summed E-state index contributed by atoms with van der Waals surface area (Å²) in [6, 6.07) is 0.357. The van der Waals surface area contributed by atoms with E-state index in [1.54, 1.807) is 0 Å². The van der Waals surface area contributed by atoms with Crippen LogP contribution in [0, 0.1) is 5.92 Å². The Balaban J connectivity index is 1.89. The van der Waals surface area contributed by atoms with Crippen LogP contribution in [0.5, 0.6) is 0 Å². The van der Waals surface area contributed by atoms with Gasteiger partial charge >= 0.3 is 0 Å². The molecule has 3 nitrogen and oxygen atoms in total. The van der Waals surface area contributed by atoms with Crippen molar-refractivity contribution in [1.29, 1.82) is 0 Å². The van der Waals surface area contributed by atoms with Crippen molar-refractivity contribution in [3.05, 3.63) is 0 Å². The van der Waals surface area contributed by atoms with Crippen LogP contribution in [0.1, 0.15) is 58.3 Å². The maximum Gasteiger partial charge on any atom is 0.240 e. The predicted molar refractivity (Wildman–Crippen MR) is 64.9 cm³/mol. The molecule has 2 aliphatic carbocycles. The fraction of sp³-hybridized carbons (Fsp3) is 0.923. The van der Waals surface area contributed by atoms with Gasteiger partial charge in [0.25, 0.3) is 0 Å². The third-order valence-corrected chi connectivity index (χ3v) is 4.38. The maximum absolute atomic E-state index is 12.0. The third kappa shape index (κ3) is 2.40. The minimum absolute atomic E-state index is 0.0949. The Labute approximate surface area is 98.2 Å². The van der Waals surface area contributed by atoms with Gasteiger partial charge in [0, 0.05) is 6.04 Å². The van der Waals surface area contributed by atoms with Crippen molar-refractivity contribution >= 4 is 5.91 Å². The van der Waals surface area contributed by atoms with Crippen molar-refractivity contribution in [2.75, 3.05) is 0 Å². The number of hydrogen-bond donors (Lipinski definition) is 2. The molecule has 2 aliphatic rings. The third-order valence-electron chi connectivity index (χ3n) is 4.38. The van der Waals surface area contributed by atoms with E-state index in [9.17, 15) is 4.79 Å². The summed E-state index contributed by atoms with van der Waals surface area (Å²) in [7, 11) is 0. The lowest BCUT2D eigenvalue weighted by atomic mass is 9.76. The van der Waals surface area contributed by atoms with Crippen molar-refractivity contribution in [2.24, 2.45) is 11.7 Å². The molecule has 2 saturated carbocycles. The van der Waals surface area contributed by atoms with Crippen LogP contribution >= 0.6 is 0 Å². The van der Waals surface area contributed by atoms with E-state index in [1.807, 2.05) is 0 Å². The van der Waals surface area contributed by atoms with Gasteiger partial charge in [-0.3, -0.25) is 4.79 Å². The largest absolute Gasteiger partial charge is 0.352 e. The Hall–Kier alpha value is -0.570. The Kier molecular flexibility index (Phi) is 3.53. The van der Waals surface area contributed by atoms with Gasteiger partial charge < -0.3 is 11.1 Å². The van der Waals surface area contributed by atoms with Crippen molar-refractivity contribution in [3.63, 3.8) is 0 Å². The molecular formula is C13H24N2O. The molecule has 0 spiro atoms. The van der Waals surface area contributed by atoms with Gasteiger partial charge in [-0.1, -0.05) is 26.2 Å². The van der Waals surface area contributed by atoms with E-state index in [4.69, 9.17) is 5.73 Å². The van der Waals surface area contributed by atoms with E-state index in [2.05, 4.69) is 12.2 Å². The van der Waals surface area contributed by atoms with Gasteiger partial charge in [0.1, 0.15) is 0 Å². The maximum atomic E-state index is 12.0. The molecule has 3 N–H and O–H groups in total. The highest BCUT2D eigenvalue weighted by molar-refractivity contribution is 5.87. The molecule has 2 unspecified atom stereocenters. The van der Waals surface area contributed by atoms with Gasteiger partial charge in [-0.2, -0.15) is 0 Å². The molecule has 0 aromatic carbocycles. The van der Waals surface area contributed by atoms with Gasteiger partial charge in [0.05, 0.1) is 5.54 Å². The molecule has 2 rings (SSSR count). The van der Waals surface area contributed by atoms with Crippen LogP contribution in [0.4, 0.5) is 0 Å². The van der Waals surface area contributed by atoms with Crippen molar-refractivity contribution in [3.8, 4) is 0 Å².